The van der Waals surface area contributed by atoms with E-state index in [0.717, 1.165) is 0 Å². The van der Waals surface area contributed by atoms with Gasteiger partial charge in [-0.15, -0.1) is 12.4 Å². The number of sulfonamides is 1. The fourth-order valence-electron chi connectivity index (χ4n) is 1.91. The Morgan fingerprint density at radius 3 is 2.65 bits per heavy atom. The lowest BCUT2D eigenvalue weighted by Gasteiger charge is -2.10. The van der Waals surface area contributed by atoms with Crippen molar-refractivity contribution in [2.75, 3.05) is 33.4 Å². The first-order chi connectivity index (χ1) is 10.6. The van der Waals surface area contributed by atoms with E-state index in [1.54, 1.807) is 37.4 Å². The lowest BCUT2D eigenvalue weighted by molar-refractivity contribution is 0.199. The van der Waals surface area contributed by atoms with Crippen molar-refractivity contribution in [3.05, 3.63) is 36.5 Å². The molecule has 128 valence electrons. The summed E-state index contributed by atoms with van der Waals surface area (Å²) in [6, 6.07) is 8.28. The van der Waals surface area contributed by atoms with Crippen LogP contribution in [0.15, 0.2) is 45.9 Å². The van der Waals surface area contributed by atoms with Crippen molar-refractivity contribution in [2.24, 2.45) is 0 Å². The van der Waals surface area contributed by atoms with E-state index in [-0.39, 0.29) is 23.8 Å². The summed E-state index contributed by atoms with van der Waals surface area (Å²) in [6.07, 6.45) is 1.48. The highest BCUT2D eigenvalue weighted by Gasteiger charge is 2.20. The van der Waals surface area contributed by atoms with Gasteiger partial charge in [0.1, 0.15) is 0 Å². The highest BCUT2D eigenvalue weighted by Crippen LogP contribution is 2.26. The Labute approximate surface area is 141 Å². The first kappa shape index (κ1) is 19.6. The minimum absolute atomic E-state index is 0. The molecule has 1 aromatic heterocycles. The summed E-state index contributed by atoms with van der Waals surface area (Å²) in [4.78, 5) is 0.170. The molecular weight excluding hydrogens is 342 g/mol. The molecule has 0 aliphatic rings. The number of ether oxygens (including phenoxy) is 1. The molecule has 9 heteroatoms. The van der Waals surface area contributed by atoms with Crippen LogP contribution in [0, 0.1) is 0 Å². The quantitative estimate of drug-likeness (QED) is 0.653. The van der Waals surface area contributed by atoms with E-state index in [1.165, 1.54) is 6.20 Å². The van der Waals surface area contributed by atoms with Crippen molar-refractivity contribution in [2.45, 2.75) is 4.90 Å². The number of hydrogen-bond donors (Lipinski definition) is 2. The SMILES string of the molecule is COCCNCCNS(=O)(=O)c1ccccc1-c1ccno1.Cl. The average molecular weight is 362 g/mol. The molecule has 2 rings (SSSR count). The molecule has 0 atom stereocenters. The lowest BCUT2D eigenvalue weighted by Crippen LogP contribution is -2.33. The highest BCUT2D eigenvalue weighted by molar-refractivity contribution is 7.89. The van der Waals surface area contributed by atoms with Crippen LogP contribution >= 0.6 is 12.4 Å². The summed E-state index contributed by atoms with van der Waals surface area (Å²) in [6.45, 7) is 2.07. The highest BCUT2D eigenvalue weighted by atomic mass is 35.5. The Balaban J connectivity index is 0.00000264. The number of nitrogens with one attached hydrogen (secondary N) is 2. The van der Waals surface area contributed by atoms with Gasteiger partial charge in [0.2, 0.25) is 10.0 Å². The van der Waals surface area contributed by atoms with Crippen molar-refractivity contribution < 1.29 is 17.7 Å². The molecule has 23 heavy (non-hydrogen) atoms. The van der Waals surface area contributed by atoms with Gasteiger partial charge in [-0.1, -0.05) is 17.3 Å². The number of halogens is 1. The van der Waals surface area contributed by atoms with Crippen LogP contribution in [0.25, 0.3) is 11.3 Å². The third kappa shape index (κ3) is 5.60. The van der Waals surface area contributed by atoms with Crippen LogP contribution in [-0.4, -0.2) is 46.9 Å². The van der Waals surface area contributed by atoms with Crippen LogP contribution in [0.4, 0.5) is 0 Å². The normalized spacial score (nSPS) is 11.2. The molecule has 0 fully saturated rings. The van der Waals surface area contributed by atoms with Crippen LogP contribution in [0.2, 0.25) is 0 Å². The summed E-state index contributed by atoms with van der Waals surface area (Å²) in [5.74, 6) is 0.416. The van der Waals surface area contributed by atoms with Crippen LogP contribution < -0.4 is 10.0 Å². The maximum absolute atomic E-state index is 12.4. The van der Waals surface area contributed by atoms with Gasteiger partial charge in [0.15, 0.2) is 5.76 Å². The van der Waals surface area contributed by atoms with Gasteiger partial charge < -0.3 is 14.6 Å². The third-order valence-electron chi connectivity index (χ3n) is 2.96. The molecule has 0 aliphatic heterocycles. The number of aromatic nitrogens is 1. The maximum Gasteiger partial charge on any atom is 0.241 e. The molecule has 1 aromatic carbocycles. The van der Waals surface area contributed by atoms with Crippen molar-refractivity contribution in [3.8, 4) is 11.3 Å². The topological polar surface area (TPSA) is 93.5 Å². The summed E-state index contributed by atoms with van der Waals surface area (Å²) in [7, 11) is -2.00. The van der Waals surface area contributed by atoms with Crippen molar-refractivity contribution >= 4 is 22.4 Å². The van der Waals surface area contributed by atoms with E-state index in [2.05, 4.69) is 15.2 Å². The smallest absolute Gasteiger partial charge is 0.241 e. The molecule has 0 radical (unpaired) electrons. The fourth-order valence-corrected chi connectivity index (χ4v) is 3.15. The number of methoxy groups -OCH3 is 1. The second-order valence-corrected chi connectivity index (χ2v) is 6.25. The van der Waals surface area contributed by atoms with E-state index >= 15 is 0 Å². The Kier molecular flexibility index (Phi) is 8.21. The lowest BCUT2D eigenvalue weighted by atomic mass is 10.2. The first-order valence-corrected chi connectivity index (χ1v) is 8.33. The fraction of sp³-hybridized carbons (Fsp3) is 0.357. The Bertz CT molecular complexity index is 677. The van der Waals surface area contributed by atoms with Gasteiger partial charge in [-0.25, -0.2) is 13.1 Å². The number of hydrogen-bond acceptors (Lipinski definition) is 6. The largest absolute Gasteiger partial charge is 0.383 e. The van der Waals surface area contributed by atoms with Crippen molar-refractivity contribution in [1.82, 2.24) is 15.2 Å². The minimum Gasteiger partial charge on any atom is -0.383 e. The minimum atomic E-state index is -3.62. The van der Waals surface area contributed by atoms with E-state index in [4.69, 9.17) is 9.26 Å². The van der Waals surface area contributed by atoms with Crippen LogP contribution in [0.5, 0.6) is 0 Å². The summed E-state index contributed by atoms with van der Waals surface area (Å²) in [5, 5.41) is 6.69. The predicted molar refractivity (Wildman–Crippen MR) is 89.1 cm³/mol. The van der Waals surface area contributed by atoms with Crippen LogP contribution in [0.1, 0.15) is 0 Å². The van der Waals surface area contributed by atoms with Gasteiger partial charge >= 0.3 is 0 Å². The molecule has 0 bridgehead atoms. The Morgan fingerprint density at radius 1 is 1.17 bits per heavy atom. The van der Waals surface area contributed by atoms with Crippen molar-refractivity contribution in [3.63, 3.8) is 0 Å². The molecule has 0 spiro atoms. The average Bonchev–Trinajstić information content (AvgIpc) is 3.05. The van der Waals surface area contributed by atoms with E-state index < -0.39 is 10.0 Å². The van der Waals surface area contributed by atoms with Gasteiger partial charge in [-0.3, -0.25) is 0 Å². The van der Waals surface area contributed by atoms with E-state index in [9.17, 15) is 8.42 Å². The number of benzene rings is 1. The molecule has 0 saturated carbocycles. The summed E-state index contributed by atoms with van der Waals surface area (Å²) in [5.41, 5.74) is 0.486. The van der Waals surface area contributed by atoms with Crippen LogP contribution in [-0.2, 0) is 14.8 Å². The summed E-state index contributed by atoms with van der Waals surface area (Å²) >= 11 is 0. The van der Waals surface area contributed by atoms with Gasteiger partial charge in [0.05, 0.1) is 17.7 Å². The zero-order valence-electron chi connectivity index (χ0n) is 12.7. The Morgan fingerprint density at radius 2 is 1.96 bits per heavy atom. The molecule has 2 N–H and O–H groups in total. The number of rotatable bonds is 9. The second-order valence-electron chi connectivity index (χ2n) is 4.51. The molecule has 0 amide bonds. The van der Waals surface area contributed by atoms with Gasteiger partial charge in [-0.2, -0.15) is 0 Å². The standard InChI is InChI=1S/C14H19N3O4S.ClH/c1-20-11-10-15-8-9-17-22(18,19)14-5-3-2-4-12(14)13-6-7-16-21-13;/h2-7,15,17H,8-11H2,1H3;1H. The van der Waals surface area contributed by atoms with E-state index in [1.807, 2.05) is 0 Å². The molecule has 0 aliphatic carbocycles. The van der Waals surface area contributed by atoms with Gasteiger partial charge in [0, 0.05) is 38.4 Å². The predicted octanol–water partition coefficient (Wildman–Crippen LogP) is 1.28. The first-order valence-electron chi connectivity index (χ1n) is 6.84. The molecular formula is C14H20ClN3O4S. The van der Waals surface area contributed by atoms with Gasteiger partial charge in [0.25, 0.3) is 0 Å². The Hall–Kier alpha value is -1.45. The monoisotopic (exact) mass is 361 g/mol. The zero-order chi connectivity index (χ0) is 15.8. The molecule has 0 saturated heterocycles. The molecule has 2 aromatic rings. The molecule has 0 unspecified atom stereocenters. The molecule has 7 nitrogen and oxygen atoms in total. The van der Waals surface area contributed by atoms with Crippen LogP contribution in [0.3, 0.4) is 0 Å². The maximum atomic E-state index is 12.4. The second kappa shape index (κ2) is 9.64. The summed E-state index contributed by atoms with van der Waals surface area (Å²) < 4.78 is 37.3. The zero-order valence-corrected chi connectivity index (χ0v) is 14.3. The third-order valence-corrected chi connectivity index (χ3v) is 4.48. The number of nitrogens with zero attached hydrogens (tertiary/aromatic N) is 1. The van der Waals surface area contributed by atoms with Gasteiger partial charge in [-0.05, 0) is 12.1 Å². The van der Waals surface area contributed by atoms with E-state index in [0.29, 0.717) is 31.0 Å². The van der Waals surface area contributed by atoms with Crippen molar-refractivity contribution in [1.29, 1.82) is 0 Å². The molecule has 1 heterocycles.